The van der Waals surface area contributed by atoms with Crippen LogP contribution < -0.4 is 0 Å². The zero-order valence-corrected chi connectivity index (χ0v) is 11.4. The normalized spacial score (nSPS) is 9.75. The summed E-state index contributed by atoms with van der Waals surface area (Å²) < 4.78 is 0. The molecule has 0 bridgehead atoms. The third kappa shape index (κ3) is 3.34. The number of benzene rings is 2. The molecular weight excluding hydrogens is 270 g/mol. The molecule has 0 aliphatic carbocycles. The lowest BCUT2D eigenvalue weighted by molar-refractivity contribution is 0.102. The molecule has 2 aromatic carbocycles. The van der Waals surface area contributed by atoms with E-state index < -0.39 is 0 Å². The molecule has 0 spiro atoms. The fourth-order valence-electron chi connectivity index (χ4n) is 1.70. The third-order valence-corrected chi connectivity index (χ3v) is 3.81. The van der Waals surface area contributed by atoms with E-state index in [9.17, 15) is 9.59 Å². The number of aldehydes is 1. The van der Waals surface area contributed by atoms with Gasteiger partial charge in [-0.05, 0) is 18.2 Å². The van der Waals surface area contributed by atoms with Crippen molar-refractivity contribution in [2.24, 2.45) is 0 Å². The summed E-state index contributed by atoms with van der Waals surface area (Å²) in [4.78, 5) is 23.7. The maximum absolute atomic E-state index is 12.1. The number of rotatable bonds is 5. The van der Waals surface area contributed by atoms with Crippen molar-refractivity contribution in [1.29, 1.82) is 5.26 Å². The minimum Gasteiger partial charge on any atom is -0.298 e. The Bertz CT molecular complexity index is 689. The van der Waals surface area contributed by atoms with Crippen LogP contribution >= 0.6 is 11.8 Å². The highest BCUT2D eigenvalue weighted by atomic mass is 32.2. The molecular formula is C16H11NO2S. The Morgan fingerprint density at radius 3 is 2.75 bits per heavy atom. The van der Waals surface area contributed by atoms with E-state index in [1.54, 1.807) is 36.4 Å². The molecule has 0 heterocycles. The quantitative estimate of drug-likeness (QED) is 0.479. The molecule has 0 aromatic heterocycles. The number of hydrogen-bond acceptors (Lipinski definition) is 4. The summed E-state index contributed by atoms with van der Waals surface area (Å²) in [5.74, 6) is 0.174. The second kappa shape index (κ2) is 6.69. The van der Waals surface area contributed by atoms with Crippen molar-refractivity contribution < 1.29 is 9.59 Å². The Labute approximate surface area is 121 Å². The van der Waals surface area contributed by atoms with Gasteiger partial charge in [-0.3, -0.25) is 9.59 Å². The van der Waals surface area contributed by atoms with Gasteiger partial charge in [-0.2, -0.15) is 5.26 Å². The summed E-state index contributed by atoms with van der Waals surface area (Å²) in [6, 6.07) is 15.8. The molecule has 2 aromatic rings. The molecule has 0 fully saturated rings. The lowest BCUT2D eigenvalue weighted by atomic mass is 10.1. The monoisotopic (exact) mass is 281 g/mol. The standard InChI is InChI=1S/C16H11NO2S/c17-9-12-4-3-6-13(8-12)15(19)11-20-16-7-2-1-5-14(16)10-18/h1-8,10H,11H2. The van der Waals surface area contributed by atoms with Crippen LogP contribution in [-0.2, 0) is 0 Å². The van der Waals surface area contributed by atoms with E-state index in [1.807, 2.05) is 18.2 Å². The van der Waals surface area contributed by atoms with Crippen LogP contribution in [0.4, 0.5) is 0 Å². The highest BCUT2D eigenvalue weighted by molar-refractivity contribution is 8.00. The summed E-state index contributed by atoms with van der Waals surface area (Å²) in [5, 5.41) is 8.81. The number of Topliss-reactive ketones (excluding diaryl/α,β-unsaturated/α-hetero) is 1. The molecule has 20 heavy (non-hydrogen) atoms. The highest BCUT2D eigenvalue weighted by Crippen LogP contribution is 2.22. The zero-order valence-electron chi connectivity index (χ0n) is 10.6. The summed E-state index contributed by atoms with van der Waals surface area (Å²) in [6.45, 7) is 0. The van der Waals surface area contributed by atoms with Gasteiger partial charge in [0.2, 0.25) is 0 Å². The minimum atomic E-state index is -0.0622. The topological polar surface area (TPSA) is 57.9 Å². The molecule has 0 N–H and O–H groups in total. The van der Waals surface area contributed by atoms with Crippen molar-refractivity contribution >= 4 is 23.8 Å². The van der Waals surface area contributed by atoms with Gasteiger partial charge < -0.3 is 0 Å². The summed E-state index contributed by atoms with van der Waals surface area (Å²) in [5.41, 5.74) is 1.56. The molecule has 3 nitrogen and oxygen atoms in total. The number of nitrogens with zero attached hydrogens (tertiary/aromatic N) is 1. The lowest BCUT2D eigenvalue weighted by Crippen LogP contribution is -2.03. The molecule has 4 heteroatoms. The van der Waals surface area contributed by atoms with Gasteiger partial charge in [0.25, 0.3) is 0 Å². The van der Waals surface area contributed by atoms with E-state index in [1.165, 1.54) is 11.8 Å². The molecule has 0 atom stereocenters. The lowest BCUT2D eigenvalue weighted by Gasteiger charge is -2.04. The van der Waals surface area contributed by atoms with Crippen molar-refractivity contribution in [3.8, 4) is 6.07 Å². The number of ketones is 1. The molecule has 0 aliphatic heterocycles. The van der Waals surface area contributed by atoms with Crippen LogP contribution in [0.2, 0.25) is 0 Å². The first kappa shape index (κ1) is 14.0. The number of hydrogen-bond donors (Lipinski definition) is 0. The van der Waals surface area contributed by atoms with Crippen molar-refractivity contribution in [3.05, 3.63) is 65.2 Å². The van der Waals surface area contributed by atoms with Gasteiger partial charge in [-0.1, -0.05) is 30.3 Å². The summed E-state index contributed by atoms with van der Waals surface area (Å²) in [7, 11) is 0. The van der Waals surface area contributed by atoms with Crippen LogP contribution in [0.3, 0.4) is 0 Å². The van der Waals surface area contributed by atoms with E-state index in [0.717, 1.165) is 11.2 Å². The number of thioether (sulfide) groups is 1. The predicted octanol–water partition coefficient (Wildman–Crippen LogP) is 3.35. The van der Waals surface area contributed by atoms with Gasteiger partial charge in [0.1, 0.15) is 0 Å². The zero-order chi connectivity index (χ0) is 14.4. The van der Waals surface area contributed by atoms with Crippen LogP contribution in [0.15, 0.2) is 53.4 Å². The number of carbonyl (C=O) groups is 2. The Morgan fingerprint density at radius 2 is 2.00 bits per heavy atom. The van der Waals surface area contributed by atoms with Crippen molar-refractivity contribution in [3.63, 3.8) is 0 Å². The van der Waals surface area contributed by atoms with Gasteiger partial charge in [0, 0.05) is 16.0 Å². The molecule has 0 saturated carbocycles. The maximum Gasteiger partial charge on any atom is 0.173 e. The van der Waals surface area contributed by atoms with Gasteiger partial charge >= 0.3 is 0 Å². The Kier molecular flexibility index (Phi) is 4.70. The van der Waals surface area contributed by atoms with E-state index >= 15 is 0 Å². The summed E-state index contributed by atoms with van der Waals surface area (Å²) >= 11 is 1.32. The average Bonchev–Trinajstić information content (AvgIpc) is 2.52. The second-order valence-electron chi connectivity index (χ2n) is 4.06. The fraction of sp³-hybridized carbons (Fsp3) is 0.0625. The van der Waals surface area contributed by atoms with Crippen LogP contribution in [0.25, 0.3) is 0 Å². The molecule has 0 unspecified atom stereocenters. The third-order valence-electron chi connectivity index (χ3n) is 2.72. The first-order valence-corrected chi connectivity index (χ1v) is 6.93. The number of carbonyl (C=O) groups excluding carboxylic acids is 2. The highest BCUT2D eigenvalue weighted by Gasteiger charge is 2.09. The minimum absolute atomic E-state index is 0.0622. The molecule has 2 rings (SSSR count). The largest absolute Gasteiger partial charge is 0.298 e. The predicted molar refractivity (Wildman–Crippen MR) is 78.0 cm³/mol. The molecule has 0 aliphatic rings. The Hall–Kier alpha value is -2.38. The molecule has 0 amide bonds. The van der Waals surface area contributed by atoms with E-state index in [0.29, 0.717) is 16.7 Å². The maximum atomic E-state index is 12.1. The van der Waals surface area contributed by atoms with E-state index in [4.69, 9.17) is 5.26 Å². The second-order valence-corrected chi connectivity index (χ2v) is 5.08. The average molecular weight is 281 g/mol. The van der Waals surface area contributed by atoms with Gasteiger partial charge in [0.15, 0.2) is 12.1 Å². The SMILES string of the molecule is N#Cc1cccc(C(=O)CSc2ccccc2C=O)c1. The molecule has 0 saturated heterocycles. The fourth-order valence-corrected chi connectivity index (χ4v) is 2.61. The molecule has 98 valence electrons. The van der Waals surface area contributed by atoms with Gasteiger partial charge in [0.05, 0.1) is 17.4 Å². The van der Waals surface area contributed by atoms with Crippen LogP contribution in [0, 0.1) is 11.3 Å². The number of nitriles is 1. The Balaban J connectivity index is 2.09. The van der Waals surface area contributed by atoms with Crippen molar-refractivity contribution in [2.75, 3.05) is 5.75 Å². The first-order chi connectivity index (χ1) is 9.74. The smallest absolute Gasteiger partial charge is 0.173 e. The molecule has 0 radical (unpaired) electrons. The Morgan fingerprint density at radius 1 is 1.20 bits per heavy atom. The van der Waals surface area contributed by atoms with Crippen LogP contribution in [0.1, 0.15) is 26.3 Å². The van der Waals surface area contributed by atoms with Gasteiger partial charge in [-0.25, -0.2) is 0 Å². The van der Waals surface area contributed by atoms with Crippen LogP contribution in [0.5, 0.6) is 0 Å². The van der Waals surface area contributed by atoms with Gasteiger partial charge in [-0.15, -0.1) is 11.8 Å². The van der Waals surface area contributed by atoms with E-state index in [-0.39, 0.29) is 11.5 Å². The summed E-state index contributed by atoms with van der Waals surface area (Å²) in [6.07, 6.45) is 0.781. The van der Waals surface area contributed by atoms with Crippen molar-refractivity contribution in [1.82, 2.24) is 0 Å². The van der Waals surface area contributed by atoms with Crippen LogP contribution in [-0.4, -0.2) is 17.8 Å². The first-order valence-electron chi connectivity index (χ1n) is 5.95. The van der Waals surface area contributed by atoms with Crippen molar-refractivity contribution in [2.45, 2.75) is 4.90 Å². The van der Waals surface area contributed by atoms with E-state index in [2.05, 4.69) is 0 Å².